The van der Waals surface area contributed by atoms with E-state index >= 15 is 0 Å². The highest BCUT2D eigenvalue weighted by Crippen LogP contribution is 2.19. The van der Waals surface area contributed by atoms with Crippen molar-refractivity contribution in [2.24, 2.45) is 5.92 Å². The Bertz CT molecular complexity index is 380. The van der Waals surface area contributed by atoms with Crippen molar-refractivity contribution in [1.29, 1.82) is 0 Å². The first kappa shape index (κ1) is 11.5. The van der Waals surface area contributed by atoms with Crippen molar-refractivity contribution in [1.82, 2.24) is 9.88 Å². The Morgan fingerprint density at radius 2 is 2.50 bits per heavy atom. The summed E-state index contributed by atoms with van der Waals surface area (Å²) in [5.41, 5.74) is 0.806. The first-order valence-electron chi connectivity index (χ1n) is 5.20. The van der Waals surface area contributed by atoms with Crippen molar-refractivity contribution in [3.05, 3.63) is 16.1 Å². The topological polar surface area (TPSA) is 73.7 Å². The van der Waals surface area contributed by atoms with Gasteiger partial charge in [-0.05, 0) is 18.9 Å². The summed E-state index contributed by atoms with van der Waals surface area (Å²) < 4.78 is 0. The van der Waals surface area contributed by atoms with Gasteiger partial charge in [0.25, 0.3) is 0 Å². The second-order valence-electron chi connectivity index (χ2n) is 4.02. The second-order valence-corrected chi connectivity index (χ2v) is 4.88. The van der Waals surface area contributed by atoms with Crippen LogP contribution >= 0.6 is 11.3 Å². The van der Waals surface area contributed by atoms with Gasteiger partial charge in [-0.2, -0.15) is 0 Å². The monoisotopic (exact) mass is 242 g/mol. The molecule has 2 N–H and O–H groups in total. The van der Waals surface area contributed by atoms with Crippen molar-refractivity contribution in [3.8, 4) is 0 Å². The third-order valence-electron chi connectivity index (χ3n) is 2.75. The van der Waals surface area contributed by atoms with Gasteiger partial charge in [0.1, 0.15) is 0 Å². The van der Waals surface area contributed by atoms with Crippen LogP contribution in [-0.2, 0) is 6.54 Å². The molecule has 0 aliphatic carbocycles. The maximum atomic E-state index is 10.7. The van der Waals surface area contributed by atoms with Crippen LogP contribution in [-0.4, -0.2) is 45.8 Å². The van der Waals surface area contributed by atoms with Crippen LogP contribution in [0.5, 0.6) is 0 Å². The lowest BCUT2D eigenvalue weighted by Gasteiger charge is -2.13. The van der Waals surface area contributed by atoms with E-state index < -0.39 is 5.97 Å². The number of aliphatic hydroxyl groups is 1. The van der Waals surface area contributed by atoms with Crippen LogP contribution in [0.15, 0.2) is 5.38 Å². The maximum Gasteiger partial charge on any atom is 0.365 e. The van der Waals surface area contributed by atoms with Gasteiger partial charge in [-0.3, -0.25) is 4.90 Å². The van der Waals surface area contributed by atoms with Crippen molar-refractivity contribution < 1.29 is 15.0 Å². The van der Waals surface area contributed by atoms with Crippen LogP contribution in [0.3, 0.4) is 0 Å². The molecule has 0 saturated carbocycles. The maximum absolute atomic E-state index is 10.7. The van der Waals surface area contributed by atoms with E-state index in [4.69, 9.17) is 10.2 Å². The lowest BCUT2D eigenvalue weighted by atomic mass is 10.1. The quantitative estimate of drug-likeness (QED) is 0.811. The van der Waals surface area contributed by atoms with E-state index in [0.29, 0.717) is 12.5 Å². The fourth-order valence-corrected chi connectivity index (χ4v) is 2.56. The summed E-state index contributed by atoms with van der Waals surface area (Å²) in [7, 11) is 0. The number of hydrogen-bond acceptors (Lipinski definition) is 5. The number of rotatable bonds is 4. The van der Waals surface area contributed by atoms with Crippen LogP contribution in [0.25, 0.3) is 0 Å². The van der Waals surface area contributed by atoms with Crippen LogP contribution in [0.2, 0.25) is 0 Å². The molecule has 5 nitrogen and oxygen atoms in total. The normalized spacial score (nSPS) is 21.4. The number of carbonyl (C=O) groups is 1. The number of nitrogens with zero attached hydrogens (tertiary/aromatic N) is 2. The summed E-state index contributed by atoms with van der Waals surface area (Å²) in [6.45, 7) is 2.73. The van der Waals surface area contributed by atoms with Crippen LogP contribution in [0, 0.1) is 5.92 Å². The van der Waals surface area contributed by atoms with E-state index in [9.17, 15) is 4.79 Å². The van der Waals surface area contributed by atoms with Crippen molar-refractivity contribution in [2.75, 3.05) is 19.7 Å². The Hall–Kier alpha value is -0.980. The van der Waals surface area contributed by atoms with Crippen LogP contribution in [0.4, 0.5) is 0 Å². The van der Waals surface area contributed by atoms with Crippen LogP contribution < -0.4 is 0 Å². The predicted octanol–water partition coefficient (Wildman–Crippen LogP) is 0.655. The summed E-state index contributed by atoms with van der Waals surface area (Å²) in [5, 5.41) is 19.7. The van der Waals surface area contributed by atoms with Gasteiger partial charge >= 0.3 is 5.97 Å². The minimum absolute atomic E-state index is 0.146. The van der Waals surface area contributed by atoms with Gasteiger partial charge in [-0.1, -0.05) is 0 Å². The molecule has 0 amide bonds. The second kappa shape index (κ2) is 4.90. The van der Waals surface area contributed by atoms with Gasteiger partial charge in [-0.15, -0.1) is 11.3 Å². The number of thiazole rings is 1. The number of aliphatic hydroxyl groups excluding tert-OH is 1. The molecule has 0 aromatic carbocycles. The molecule has 0 spiro atoms. The zero-order valence-electron chi connectivity index (χ0n) is 8.80. The molecule has 2 heterocycles. The minimum atomic E-state index is -0.967. The zero-order valence-corrected chi connectivity index (χ0v) is 9.61. The molecule has 1 unspecified atom stereocenters. The van der Waals surface area contributed by atoms with E-state index in [0.717, 1.165) is 36.5 Å². The van der Waals surface area contributed by atoms with Gasteiger partial charge in [-0.25, -0.2) is 9.78 Å². The van der Waals surface area contributed by atoms with E-state index in [-0.39, 0.29) is 11.6 Å². The molecular weight excluding hydrogens is 228 g/mol. The number of aromatic nitrogens is 1. The molecular formula is C10H14N2O3S. The highest BCUT2D eigenvalue weighted by molar-refractivity contribution is 7.11. The fourth-order valence-electron chi connectivity index (χ4n) is 1.91. The van der Waals surface area contributed by atoms with E-state index in [2.05, 4.69) is 9.88 Å². The van der Waals surface area contributed by atoms with Gasteiger partial charge < -0.3 is 10.2 Å². The molecule has 1 aromatic rings. The SMILES string of the molecule is O=C(O)c1nc(CN2CCC(CO)C2)cs1. The largest absolute Gasteiger partial charge is 0.476 e. The smallest absolute Gasteiger partial charge is 0.365 e. The number of aromatic carboxylic acids is 1. The molecule has 0 bridgehead atoms. The zero-order chi connectivity index (χ0) is 11.5. The molecule has 16 heavy (non-hydrogen) atoms. The Morgan fingerprint density at radius 1 is 1.69 bits per heavy atom. The van der Waals surface area contributed by atoms with Gasteiger partial charge in [0, 0.05) is 25.1 Å². The highest BCUT2D eigenvalue weighted by Gasteiger charge is 2.22. The minimum Gasteiger partial charge on any atom is -0.476 e. The molecule has 6 heteroatoms. The molecule has 1 fully saturated rings. The summed E-state index contributed by atoms with van der Waals surface area (Å²) in [5.74, 6) is -0.608. The van der Waals surface area contributed by atoms with E-state index in [1.807, 2.05) is 0 Å². The van der Waals surface area contributed by atoms with Gasteiger partial charge in [0.2, 0.25) is 5.01 Å². The average molecular weight is 242 g/mol. The highest BCUT2D eigenvalue weighted by atomic mass is 32.1. The Balaban J connectivity index is 1.92. The number of carboxylic acids is 1. The van der Waals surface area contributed by atoms with Crippen molar-refractivity contribution in [2.45, 2.75) is 13.0 Å². The average Bonchev–Trinajstić information content (AvgIpc) is 2.87. The lowest BCUT2D eigenvalue weighted by molar-refractivity contribution is 0.0696. The number of carboxylic acid groups (broad SMARTS) is 1. The summed E-state index contributed by atoms with van der Waals surface area (Å²) in [6.07, 6.45) is 1.01. The first-order valence-corrected chi connectivity index (χ1v) is 6.08. The third kappa shape index (κ3) is 2.58. The number of likely N-dealkylation sites (tertiary alicyclic amines) is 1. The van der Waals surface area contributed by atoms with Crippen molar-refractivity contribution in [3.63, 3.8) is 0 Å². The van der Waals surface area contributed by atoms with Gasteiger partial charge in [0.05, 0.1) is 5.69 Å². The van der Waals surface area contributed by atoms with Crippen LogP contribution in [0.1, 0.15) is 21.9 Å². The molecule has 1 aromatic heterocycles. The van der Waals surface area contributed by atoms with E-state index in [1.165, 1.54) is 0 Å². The van der Waals surface area contributed by atoms with E-state index in [1.54, 1.807) is 5.38 Å². The molecule has 1 aliphatic rings. The first-order chi connectivity index (χ1) is 7.69. The predicted molar refractivity (Wildman–Crippen MR) is 59.5 cm³/mol. The molecule has 1 aliphatic heterocycles. The molecule has 2 rings (SSSR count). The summed E-state index contributed by atoms with van der Waals surface area (Å²) in [4.78, 5) is 16.9. The fraction of sp³-hybridized carbons (Fsp3) is 0.600. The summed E-state index contributed by atoms with van der Waals surface area (Å²) in [6, 6.07) is 0. The molecule has 1 atom stereocenters. The third-order valence-corrected chi connectivity index (χ3v) is 3.63. The Labute approximate surface area is 97.4 Å². The van der Waals surface area contributed by atoms with Crippen molar-refractivity contribution >= 4 is 17.3 Å². The Morgan fingerprint density at radius 3 is 3.06 bits per heavy atom. The number of hydrogen-bond donors (Lipinski definition) is 2. The molecule has 88 valence electrons. The summed E-state index contributed by atoms with van der Waals surface area (Å²) >= 11 is 1.16. The van der Waals surface area contributed by atoms with Gasteiger partial charge in [0.15, 0.2) is 0 Å². The lowest BCUT2D eigenvalue weighted by Crippen LogP contribution is -2.21. The molecule has 1 saturated heterocycles. The Kier molecular flexibility index (Phi) is 3.52. The molecule has 0 radical (unpaired) electrons. The standard InChI is InChI=1S/C10H14N2O3S/c13-5-7-1-2-12(3-7)4-8-6-16-9(11-8)10(14)15/h6-7,13H,1-5H2,(H,14,15).